The summed E-state index contributed by atoms with van der Waals surface area (Å²) < 4.78 is 39.0. The summed E-state index contributed by atoms with van der Waals surface area (Å²) >= 11 is 1.27. The van der Waals surface area contributed by atoms with Gasteiger partial charge in [-0.2, -0.15) is 0 Å². The van der Waals surface area contributed by atoms with Crippen LogP contribution in [0, 0.1) is 5.82 Å². The number of rotatable bonds is 4. The Hall–Kier alpha value is -1.64. The highest BCUT2D eigenvalue weighted by atomic mass is 35.5. The van der Waals surface area contributed by atoms with Crippen LogP contribution in [0.25, 0.3) is 0 Å². The van der Waals surface area contributed by atoms with Gasteiger partial charge in [0.2, 0.25) is 5.91 Å². The molecule has 0 radical (unpaired) electrons. The standard InChI is InChI=1S/C15H14F3N3OS.ClH/c16-10-3-1-9(2-4-10)5-11-7-19-14(23-11)21-13(22)12-6-15(17,18)8-20-12;/h1-4,7,12,20H,5-6,8H2,(H,19,21,22);1H. The quantitative estimate of drug-likeness (QED) is 0.860. The van der Waals surface area contributed by atoms with Crippen molar-refractivity contribution in [3.8, 4) is 0 Å². The van der Waals surface area contributed by atoms with E-state index in [1.54, 1.807) is 18.3 Å². The first-order valence-electron chi connectivity index (χ1n) is 7.02. The van der Waals surface area contributed by atoms with Crippen molar-refractivity contribution < 1.29 is 18.0 Å². The van der Waals surface area contributed by atoms with Crippen LogP contribution in [0.5, 0.6) is 0 Å². The van der Waals surface area contributed by atoms with Gasteiger partial charge in [0.1, 0.15) is 5.82 Å². The fraction of sp³-hybridized carbons (Fsp3) is 0.333. The SMILES string of the molecule is Cl.O=C(Nc1ncc(Cc2ccc(F)cc2)s1)C1CC(F)(F)CN1. The Bertz CT molecular complexity index is 708. The number of carbonyl (C=O) groups excluding carboxylic acids is 1. The van der Waals surface area contributed by atoms with Crippen molar-refractivity contribution in [2.45, 2.75) is 24.8 Å². The monoisotopic (exact) mass is 377 g/mol. The van der Waals surface area contributed by atoms with Gasteiger partial charge in [-0.3, -0.25) is 10.1 Å². The predicted molar refractivity (Wildman–Crippen MR) is 88.6 cm³/mol. The van der Waals surface area contributed by atoms with Crippen molar-refractivity contribution in [1.82, 2.24) is 10.3 Å². The van der Waals surface area contributed by atoms with E-state index in [4.69, 9.17) is 0 Å². The van der Waals surface area contributed by atoms with Crippen LogP contribution in [0.15, 0.2) is 30.5 Å². The average molecular weight is 378 g/mol. The third kappa shape index (κ3) is 4.68. The van der Waals surface area contributed by atoms with Crippen molar-refractivity contribution in [3.63, 3.8) is 0 Å². The van der Waals surface area contributed by atoms with Gasteiger partial charge in [-0.05, 0) is 17.7 Å². The van der Waals surface area contributed by atoms with E-state index >= 15 is 0 Å². The minimum Gasteiger partial charge on any atom is -0.301 e. The summed E-state index contributed by atoms with van der Waals surface area (Å²) in [6.45, 7) is -0.487. The third-order valence-corrected chi connectivity index (χ3v) is 4.41. The molecular weight excluding hydrogens is 363 g/mol. The van der Waals surface area contributed by atoms with Crippen LogP contribution >= 0.6 is 23.7 Å². The van der Waals surface area contributed by atoms with Gasteiger partial charge < -0.3 is 5.32 Å². The summed E-state index contributed by atoms with van der Waals surface area (Å²) in [5, 5.41) is 5.41. The average Bonchev–Trinajstić information content (AvgIpc) is 3.08. The highest BCUT2D eigenvalue weighted by Crippen LogP contribution is 2.27. The predicted octanol–water partition coefficient (Wildman–Crippen LogP) is 3.23. The number of amides is 1. The number of nitrogens with one attached hydrogen (secondary N) is 2. The molecule has 1 aromatic carbocycles. The van der Waals surface area contributed by atoms with Crippen molar-refractivity contribution in [1.29, 1.82) is 0 Å². The molecule has 1 aliphatic heterocycles. The number of hydrogen-bond donors (Lipinski definition) is 2. The molecule has 2 aromatic rings. The molecule has 0 saturated carbocycles. The van der Waals surface area contributed by atoms with Crippen molar-refractivity contribution in [2.24, 2.45) is 0 Å². The van der Waals surface area contributed by atoms with Crippen LogP contribution in [-0.2, 0) is 11.2 Å². The van der Waals surface area contributed by atoms with Gasteiger partial charge in [-0.15, -0.1) is 23.7 Å². The first-order chi connectivity index (χ1) is 10.9. The van der Waals surface area contributed by atoms with Crippen LogP contribution in [0.3, 0.4) is 0 Å². The van der Waals surface area contributed by atoms with E-state index in [1.165, 1.54) is 23.5 Å². The minimum atomic E-state index is -2.85. The first-order valence-corrected chi connectivity index (χ1v) is 7.84. The number of carbonyl (C=O) groups is 1. The second kappa shape index (κ2) is 7.50. The van der Waals surface area contributed by atoms with Gasteiger partial charge in [0, 0.05) is 23.9 Å². The Morgan fingerprint density at radius 2 is 2.08 bits per heavy atom. The molecule has 4 nitrogen and oxygen atoms in total. The molecule has 1 unspecified atom stereocenters. The number of thiazole rings is 1. The summed E-state index contributed by atoms with van der Waals surface area (Å²) in [5.74, 6) is -3.66. The Morgan fingerprint density at radius 1 is 1.38 bits per heavy atom. The van der Waals surface area contributed by atoms with Gasteiger partial charge in [-0.25, -0.2) is 18.2 Å². The normalized spacial score (nSPS) is 18.9. The molecular formula is C15H15ClF3N3OS. The maximum atomic E-state index is 13.1. The largest absolute Gasteiger partial charge is 0.301 e. The molecule has 130 valence electrons. The number of anilines is 1. The smallest absolute Gasteiger partial charge is 0.262 e. The lowest BCUT2D eigenvalue weighted by Gasteiger charge is -2.08. The zero-order valence-corrected chi connectivity index (χ0v) is 14.0. The third-order valence-electron chi connectivity index (χ3n) is 3.50. The summed E-state index contributed by atoms with van der Waals surface area (Å²) in [6.07, 6.45) is 1.67. The van der Waals surface area contributed by atoms with Crippen molar-refractivity contribution in [3.05, 3.63) is 46.7 Å². The number of aromatic nitrogens is 1. The molecule has 0 aliphatic carbocycles. The van der Waals surface area contributed by atoms with Crippen LogP contribution in [0.4, 0.5) is 18.3 Å². The van der Waals surface area contributed by atoms with E-state index in [0.29, 0.717) is 11.6 Å². The maximum absolute atomic E-state index is 13.1. The lowest BCUT2D eigenvalue weighted by atomic mass is 10.1. The Kier molecular flexibility index (Phi) is 5.84. The van der Waals surface area contributed by atoms with Gasteiger partial charge >= 0.3 is 0 Å². The zero-order valence-electron chi connectivity index (χ0n) is 12.4. The molecule has 1 aliphatic rings. The molecule has 0 bridgehead atoms. The lowest BCUT2D eigenvalue weighted by molar-refractivity contribution is -0.118. The zero-order chi connectivity index (χ0) is 16.4. The van der Waals surface area contributed by atoms with E-state index in [9.17, 15) is 18.0 Å². The number of alkyl halides is 2. The molecule has 1 amide bonds. The molecule has 1 atom stereocenters. The Balaban J connectivity index is 0.00000208. The first kappa shape index (κ1) is 18.7. The van der Waals surface area contributed by atoms with Crippen molar-refractivity contribution >= 4 is 34.8 Å². The lowest BCUT2D eigenvalue weighted by Crippen LogP contribution is -2.35. The molecule has 24 heavy (non-hydrogen) atoms. The van der Waals surface area contributed by atoms with Crippen LogP contribution in [0.2, 0.25) is 0 Å². The topological polar surface area (TPSA) is 54.0 Å². The molecule has 1 aromatic heterocycles. The highest BCUT2D eigenvalue weighted by Gasteiger charge is 2.42. The highest BCUT2D eigenvalue weighted by molar-refractivity contribution is 7.15. The van der Waals surface area contributed by atoms with Gasteiger partial charge in [0.25, 0.3) is 5.92 Å². The molecule has 1 saturated heterocycles. The van der Waals surface area contributed by atoms with Gasteiger partial charge in [0.05, 0.1) is 12.6 Å². The summed E-state index contributed by atoms with van der Waals surface area (Å²) in [5.41, 5.74) is 0.921. The van der Waals surface area contributed by atoms with Crippen LogP contribution in [0.1, 0.15) is 16.9 Å². The number of nitrogens with zero attached hydrogens (tertiary/aromatic N) is 1. The van der Waals surface area contributed by atoms with Crippen LogP contribution < -0.4 is 10.6 Å². The van der Waals surface area contributed by atoms with E-state index in [2.05, 4.69) is 15.6 Å². The summed E-state index contributed by atoms with van der Waals surface area (Å²) in [6, 6.07) is 5.21. The summed E-state index contributed by atoms with van der Waals surface area (Å²) in [4.78, 5) is 16.9. The van der Waals surface area contributed by atoms with Gasteiger partial charge in [0.15, 0.2) is 5.13 Å². The minimum absolute atomic E-state index is 0. The molecule has 2 N–H and O–H groups in total. The summed E-state index contributed by atoms with van der Waals surface area (Å²) in [7, 11) is 0. The van der Waals surface area contributed by atoms with E-state index < -0.39 is 30.8 Å². The van der Waals surface area contributed by atoms with Crippen LogP contribution in [-0.4, -0.2) is 29.4 Å². The molecule has 2 heterocycles. The fourth-order valence-corrected chi connectivity index (χ4v) is 3.19. The fourth-order valence-electron chi connectivity index (χ4n) is 2.34. The van der Waals surface area contributed by atoms with E-state index in [-0.39, 0.29) is 18.2 Å². The Labute approximate surface area is 146 Å². The molecule has 9 heteroatoms. The molecule has 0 spiro atoms. The second-order valence-corrected chi connectivity index (χ2v) is 6.53. The second-order valence-electron chi connectivity index (χ2n) is 5.42. The number of hydrogen-bond acceptors (Lipinski definition) is 4. The van der Waals surface area contributed by atoms with E-state index in [0.717, 1.165) is 10.4 Å². The number of halogens is 4. The van der Waals surface area contributed by atoms with Crippen molar-refractivity contribution in [2.75, 3.05) is 11.9 Å². The maximum Gasteiger partial charge on any atom is 0.262 e. The van der Waals surface area contributed by atoms with E-state index in [1.807, 2.05) is 0 Å². The number of benzene rings is 1. The van der Waals surface area contributed by atoms with Gasteiger partial charge in [-0.1, -0.05) is 12.1 Å². The molecule has 1 fully saturated rings. The Morgan fingerprint density at radius 3 is 2.71 bits per heavy atom. The molecule has 3 rings (SSSR count).